The summed E-state index contributed by atoms with van der Waals surface area (Å²) in [5.74, 6) is -1.67. The lowest BCUT2D eigenvalue weighted by atomic mass is 9.85. The highest BCUT2D eigenvalue weighted by Crippen LogP contribution is 2.21. The summed E-state index contributed by atoms with van der Waals surface area (Å²) in [5.41, 5.74) is -0.198. The van der Waals surface area contributed by atoms with E-state index in [1.165, 1.54) is 0 Å². The summed E-state index contributed by atoms with van der Waals surface area (Å²) in [6.07, 6.45) is -0.104. The molecule has 88 valence electrons. The van der Waals surface area contributed by atoms with Gasteiger partial charge in [0.1, 0.15) is 6.42 Å². The molecule has 5 nitrogen and oxygen atoms in total. The van der Waals surface area contributed by atoms with E-state index in [1.54, 1.807) is 0 Å². The Morgan fingerprint density at radius 2 is 1.87 bits per heavy atom. The highest BCUT2D eigenvalue weighted by Gasteiger charge is 2.26. The highest BCUT2D eigenvalue weighted by molar-refractivity contribution is 5.93. The van der Waals surface area contributed by atoms with Gasteiger partial charge in [0, 0.05) is 12.6 Å². The molecule has 0 bridgehead atoms. The number of carbonyl (C=O) groups is 2. The zero-order valence-electron chi connectivity index (χ0n) is 9.41. The van der Waals surface area contributed by atoms with Gasteiger partial charge in [0.15, 0.2) is 0 Å². The van der Waals surface area contributed by atoms with E-state index in [1.807, 2.05) is 20.8 Å². The number of carboxylic acids is 1. The summed E-state index contributed by atoms with van der Waals surface area (Å²) < 4.78 is 0. The van der Waals surface area contributed by atoms with Crippen LogP contribution in [0.1, 0.15) is 33.6 Å². The van der Waals surface area contributed by atoms with E-state index >= 15 is 0 Å². The molecule has 1 amide bonds. The van der Waals surface area contributed by atoms with Crippen molar-refractivity contribution in [2.24, 2.45) is 5.41 Å². The molecule has 0 aromatic heterocycles. The number of carboxylic acid groups (broad SMARTS) is 1. The minimum absolute atomic E-state index is 0.0325. The third kappa shape index (κ3) is 6.06. The molecule has 0 aromatic rings. The molecule has 0 spiro atoms. The van der Waals surface area contributed by atoms with Gasteiger partial charge in [0.25, 0.3) is 0 Å². The van der Waals surface area contributed by atoms with Gasteiger partial charge in [-0.15, -0.1) is 0 Å². The van der Waals surface area contributed by atoms with Crippen molar-refractivity contribution < 1.29 is 19.8 Å². The zero-order valence-corrected chi connectivity index (χ0v) is 9.41. The van der Waals surface area contributed by atoms with Crippen LogP contribution in [-0.2, 0) is 9.59 Å². The first-order chi connectivity index (χ1) is 6.77. The van der Waals surface area contributed by atoms with Crippen LogP contribution in [0.4, 0.5) is 0 Å². The van der Waals surface area contributed by atoms with Gasteiger partial charge < -0.3 is 15.5 Å². The highest BCUT2D eigenvalue weighted by atomic mass is 16.4. The lowest BCUT2D eigenvalue weighted by molar-refractivity contribution is -0.141. The van der Waals surface area contributed by atoms with Crippen molar-refractivity contribution in [2.45, 2.75) is 39.7 Å². The Hall–Kier alpha value is -1.10. The molecule has 1 unspecified atom stereocenters. The molecular weight excluding hydrogens is 198 g/mol. The summed E-state index contributed by atoms with van der Waals surface area (Å²) in [6, 6.07) is -0.214. The summed E-state index contributed by atoms with van der Waals surface area (Å²) in [5, 5.41) is 19.9. The fourth-order valence-corrected chi connectivity index (χ4v) is 1.23. The topological polar surface area (TPSA) is 86.6 Å². The monoisotopic (exact) mass is 217 g/mol. The second kappa shape index (κ2) is 5.70. The smallest absolute Gasteiger partial charge is 0.312 e. The molecular formula is C10H19NO4. The Labute approximate surface area is 89.5 Å². The van der Waals surface area contributed by atoms with Gasteiger partial charge in [-0.25, -0.2) is 0 Å². The van der Waals surface area contributed by atoms with Crippen LogP contribution in [0.25, 0.3) is 0 Å². The number of hydrogen-bond acceptors (Lipinski definition) is 3. The number of amides is 1. The van der Waals surface area contributed by atoms with Gasteiger partial charge in [0.05, 0.1) is 0 Å². The van der Waals surface area contributed by atoms with Gasteiger partial charge in [-0.05, 0) is 11.8 Å². The molecule has 15 heavy (non-hydrogen) atoms. The van der Waals surface area contributed by atoms with Gasteiger partial charge >= 0.3 is 5.97 Å². The van der Waals surface area contributed by atoms with Crippen LogP contribution < -0.4 is 5.32 Å². The molecule has 0 rings (SSSR count). The average molecular weight is 217 g/mol. The Morgan fingerprint density at radius 1 is 1.33 bits per heavy atom. The maximum Gasteiger partial charge on any atom is 0.312 e. The first-order valence-electron chi connectivity index (χ1n) is 4.89. The van der Waals surface area contributed by atoms with E-state index in [0.717, 1.165) is 0 Å². The number of aliphatic carboxylic acids is 1. The van der Waals surface area contributed by atoms with Crippen LogP contribution in [0, 0.1) is 5.41 Å². The fraction of sp³-hybridized carbons (Fsp3) is 0.800. The van der Waals surface area contributed by atoms with Crippen LogP contribution in [0.15, 0.2) is 0 Å². The van der Waals surface area contributed by atoms with Crippen LogP contribution in [0.3, 0.4) is 0 Å². The van der Waals surface area contributed by atoms with Crippen LogP contribution in [0.2, 0.25) is 0 Å². The van der Waals surface area contributed by atoms with Crippen LogP contribution >= 0.6 is 0 Å². The number of hydrogen-bond donors (Lipinski definition) is 3. The standard InChI is InChI=1S/C10H19NO4/c1-10(2,3)7(4-5-12)11-8(13)6-9(14)15/h7,12H,4-6H2,1-3H3,(H,11,13)(H,14,15). The second-order valence-electron chi connectivity index (χ2n) is 4.57. The molecule has 0 aliphatic rings. The molecule has 0 heterocycles. The first kappa shape index (κ1) is 13.9. The van der Waals surface area contributed by atoms with Crippen molar-refractivity contribution in [2.75, 3.05) is 6.61 Å². The molecule has 0 radical (unpaired) electrons. The number of aliphatic hydroxyl groups excluding tert-OH is 1. The molecule has 3 N–H and O–H groups in total. The van der Waals surface area contributed by atoms with E-state index in [-0.39, 0.29) is 18.1 Å². The number of nitrogens with one attached hydrogen (secondary N) is 1. The van der Waals surface area contributed by atoms with Gasteiger partial charge in [0.2, 0.25) is 5.91 Å². The number of carbonyl (C=O) groups excluding carboxylic acids is 1. The molecule has 0 aliphatic heterocycles. The SMILES string of the molecule is CC(C)(C)C(CCO)NC(=O)CC(=O)O. The lowest BCUT2D eigenvalue weighted by Crippen LogP contribution is -2.44. The Morgan fingerprint density at radius 3 is 2.20 bits per heavy atom. The van der Waals surface area contributed by atoms with Crippen molar-refractivity contribution in [3.05, 3.63) is 0 Å². The van der Waals surface area contributed by atoms with E-state index in [2.05, 4.69) is 5.32 Å². The quantitative estimate of drug-likeness (QED) is 0.581. The van der Waals surface area contributed by atoms with Crippen LogP contribution in [0.5, 0.6) is 0 Å². The van der Waals surface area contributed by atoms with Crippen LogP contribution in [-0.4, -0.2) is 34.7 Å². The number of aliphatic hydroxyl groups is 1. The van der Waals surface area contributed by atoms with Crippen molar-refractivity contribution in [1.29, 1.82) is 0 Å². The molecule has 0 aliphatic carbocycles. The molecule has 1 atom stereocenters. The maximum atomic E-state index is 11.2. The van der Waals surface area contributed by atoms with Crippen molar-refractivity contribution in [3.8, 4) is 0 Å². The predicted molar refractivity (Wildman–Crippen MR) is 55.3 cm³/mol. The fourth-order valence-electron chi connectivity index (χ4n) is 1.23. The van der Waals surface area contributed by atoms with Crippen molar-refractivity contribution in [3.63, 3.8) is 0 Å². The van der Waals surface area contributed by atoms with Crippen molar-refractivity contribution >= 4 is 11.9 Å². The first-order valence-corrected chi connectivity index (χ1v) is 4.89. The molecule has 5 heteroatoms. The van der Waals surface area contributed by atoms with E-state index in [9.17, 15) is 9.59 Å². The second-order valence-corrected chi connectivity index (χ2v) is 4.57. The number of rotatable bonds is 5. The molecule has 0 saturated carbocycles. The minimum atomic E-state index is -1.15. The summed E-state index contributed by atoms with van der Waals surface area (Å²) in [4.78, 5) is 21.5. The van der Waals surface area contributed by atoms with E-state index in [0.29, 0.717) is 6.42 Å². The third-order valence-corrected chi connectivity index (χ3v) is 2.11. The van der Waals surface area contributed by atoms with Gasteiger partial charge in [-0.2, -0.15) is 0 Å². The third-order valence-electron chi connectivity index (χ3n) is 2.11. The Kier molecular flexibility index (Phi) is 5.28. The van der Waals surface area contributed by atoms with E-state index in [4.69, 9.17) is 10.2 Å². The molecule has 0 fully saturated rings. The Bertz CT molecular complexity index is 232. The predicted octanol–water partition coefficient (Wildman–Crippen LogP) is 0.374. The minimum Gasteiger partial charge on any atom is -0.481 e. The van der Waals surface area contributed by atoms with Gasteiger partial charge in [-0.1, -0.05) is 20.8 Å². The maximum absolute atomic E-state index is 11.2. The lowest BCUT2D eigenvalue weighted by Gasteiger charge is -2.30. The summed E-state index contributed by atoms with van der Waals surface area (Å²) >= 11 is 0. The Balaban J connectivity index is 4.29. The molecule has 0 aromatic carbocycles. The van der Waals surface area contributed by atoms with Crippen molar-refractivity contribution in [1.82, 2.24) is 5.32 Å². The van der Waals surface area contributed by atoms with E-state index < -0.39 is 18.3 Å². The van der Waals surface area contributed by atoms with Gasteiger partial charge in [-0.3, -0.25) is 9.59 Å². The zero-order chi connectivity index (χ0) is 12.1. The largest absolute Gasteiger partial charge is 0.481 e. The summed E-state index contributed by atoms with van der Waals surface area (Å²) in [6.45, 7) is 5.74. The summed E-state index contributed by atoms with van der Waals surface area (Å²) in [7, 11) is 0. The normalized spacial score (nSPS) is 13.3. The molecule has 0 saturated heterocycles. The average Bonchev–Trinajstić information content (AvgIpc) is 2.00.